The van der Waals surface area contributed by atoms with Crippen LogP contribution in [0.3, 0.4) is 0 Å². The summed E-state index contributed by atoms with van der Waals surface area (Å²) < 4.78 is 7.25. The number of rotatable bonds is 3. The maximum atomic E-state index is 13.0. The molecule has 29 heavy (non-hydrogen) atoms. The number of nitrogens with zero attached hydrogens (tertiary/aromatic N) is 4. The fourth-order valence-electron chi connectivity index (χ4n) is 4.95. The molecule has 1 saturated carbocycles. The summed E-state index contributed by atoms with van der Waals surface area (Å²) in [5.41, 5.74) is 2.58. The van der Waals surface area contributed by atoms with Gasteiger partial charge in [-0.3, -0.25) is 4.79 Å². The minimum absolute atomic E-state index is 0.000722. The molecule has 2 fully saturated rings. The molecule has 0 unspecified atom stereocenters. The van der Waals surface area contributed by atoms with E-state index in [0.717, 1.165) is 17.5 Å². The first-order chi connectivity index (χ1) is 14.1. The summed E-state index contributed by atoms with van der Waals surface area (Å²) in [5.74, 6) is 1.13. The second-order valence-corrected chi connectivity index (χ2v) is 8.06. The molecule has 2 aliphatic rings. The van der Waals surface area contributed by atoms with Crippen LogP contribution in [-0.2, 0) is 0 Å². The van der Waals surface area contributed by atoms with Gasteiger partial charge in [-0.1, -0.05) is 12.1 Å². The lowest BCUT2D eigenvalue weighted by atomic mass is 9.77. The number of hydrogen-bond donors (Lipinski definition) is 1. The number of hydrogen-bond acceptors (Lipinski definition) is 5. The van der Waals surface area contributed by atoms with Gasteiger partial charge in [0.2, 0.25) is 5.88 Å². The number of carbonyl (C=O) groups is 1. The molecule has 1 amide bonds. The van der Waals surface area contributed by atoms with Crippen LogP contribution in [0.4, 0.5) is 0 Å². The van der Waals surface area contributed by atoms with Crippen LogP contribution in [0.15, 0.2) is 48.9 Å². The number of fused-ring (bicyclic) bond motifs is 2. The number of aliphatic hydroxyl groups is 1. The monoisotopic (exact) mass is 392 g/mol. The van der Waals surface area contributed by atoms with E-state index in [0.29, 0.717) is 42.8 Å². The fraction of sp³-hybridized carbons (Fsp3) is 0.409. The number of aromatic nitrogens is 3. The Bertz CT molecular complexity index is 1050. The van der Waals surface area contributed by atoms with Gasteiger partial charge in [0.15, 0.2) is 0 Å². The SMILES string of the molecule is COc1cc(C(=O)N2C[C@H]3C[C@@H](n4cnc5ccccc54)[C@H](O)C[C@H]3C2)ccn1. The molecule has 4 atom stereocenters. The van der Waals surface area contributed by atoms with Crippen molar-refractivity contribution < 1.29 is 14.6 Å². The Hall–Kier alpha value is -2.93. The minimum Gasteiger partial charge on any atom is -0.481 e. The number of para-hydroxylation sites is 2. The zero-order valence-corrected chi connectivity index (χ0v) is 16.3. The summed E-state index contributed by atoms with van der Waals surface area (Å²) in [7, 11) is 1.54. The van der Waals surface area contributed by atoms with Crippen LogP contribution in [0.2, 0.25) is 0 Å². The van der Waals surface area contributed by atoms with Crippen molar-refractivity contribution in [3.05, 3.63) is 54.5 Å². The van der Waals surface area contributed by atoms with Crippen LogP contribution in [-0.4, -0.2) is 56.8 Å². The Kier molecular flexibility index (Phi) is 4.47. The van der Waals surface area contributed by atoms with Crippen LogP contribution < -0.4 is 4.74 Å². The predicted octanol–water partition coefficient (Wildman–Crippen LogP) is 2.52. The molecule has 150 valence electrons. The molecule has 3 heterocycles. The van der Waals surface area contributed by atoms with Gasteiger partial charge in [0, 0.05) is 30.9 Å². The molecule has 1 N–H and O–H groups in total. The third kappa shape index (κ3) is 3.15. The van der Waals surface area contributed by atoms with Gasteiger partial charge in [-0.05, 0) is 42.9 Å². The van der Waals surface area contributed by atoms with Gasteiger partial charge in [-0.15, -0.1) is 0 Å². The molecular formula is C22H24N4O3. The first-order valence-corrected chi connectivity index (χ1v) is 10.0. The lowest BCUT2D eigenvalue weighted by Gasteiger charge is -2.36. The Morgan fingerprint density at radius 3 is 2.76 bits per heavy atom. The number of pyridine rings is 1. The molecule has 0 radical (unpaired) electrons. The van der Waals surface area contributed by atoms with E-state index >= 15 is 0 Å². The standard InChI is InChI=1S/C22H24N4O3/c1-29-21-10-14(6-7-23-21)22(28)25-11-15-8-19(20(27)9-16(15)12-25)26-13-24-17-4-2-3-5-18(17)26/h2-7,10,13,15-16,19-20,27H,8-9,11-12H2,1H3/t15-,16+,19-,20-/m1/s1. The maximum absolute atomic E-state index is 13.0. The van der Waals surface area contributed by atoms with E-state index in [1.54, 1.807) is 25.4 Å². The number of ether oxygens (including phenoxy) is 1. The van der Waals surface area contributed by atoms with Crippen molar-refractivity contribution in [3.63, 3.8) is 0 Å². The average molecular weight is 392 g/mol. The van der Waals surface area contributed by atoms with Crippen molar-refractivity contribution in [3.8, 4) is 5.88 Å². The molecule has 7 nitrogen and oxygen atoms in total. The summed E-state index contributed by atoms with van der Waals surface area (Å²) >= 11 is 0. The van der Waals surface area contributed by atoms with Gasteiger partial charge in [0.25, 0.3) is 5.91 Å². The number of likely N-dealkylation sites (tertiary alicyclic amines) is 1. The van der Waals surface area contributed by atoms with Gasteiger partial charge in [-0.2, -0.15) is 0 Å². The smallest absolute Gasteiger partial charge is 0.254 e. The molecule has 2 aromatic heterocycles. The Labute approximate surface area is 168 Å². The topological polar surface area (TPSA) is 80.5 Å². The quantitative estimate of drug-likeness (QED) is 0.741. The summed E-state index contributed by atoms with van der Waals surface area (Å²) in [6.07, 6.45) is 4.53. The van der Waals surface area contributed by atoms with E-state index in [2.05, 4.69) is 14.5 Å². The lowest BCUT2D eigenvalue weighted by molar-refractivity contribution is 0.0374. The zero-order valence-electron chi connectivity index (χ0n) is 16.3. The lowest BCUT2D eigenvalue weighted by Crippen LogP contribution is -2.36. The highest BCUT2D eigenvalue weighted by Crippen LogP contribution is 2.42. The van der Waals surface area contributed by atoms with Gasteiger partial charge >= 0.3 is 0 Å². The van der Waals surface area contributed by atoms with E-state index in [1.165, 1.54) is 0 Å². The van der Waals surface area contributed by atoms with Crippen molar-refractivity contribution in [1.29, 1.82) is 0 Å². The number of carbonyl (C=O) groups excluding carboxylic acids is 1. The maximum Gasteiger partial charge on any atom is 0.254 e. The Balaban J connectivity index is 1.35. The third-order valence-corrected chi connectivity index (χ3v) is 6.43. The average Bonchev–Trinajstić information content (AvgIpc) is 3.36. The molecule has 1 aliphatic carbocycles. The van der Waals surface area contributed by atoms with Crippen LogP contribution in [0.5, 0.6) is 5.88 Å². The highest BCUT2D eigenvalue weighted by atomic mass is 16.5. The molecule has 0 bridgehead atoms. The fourth-order valence-corrected chi connectivity index (χ4v) is 4.95. The molecular weight excluding hydrogens is 368 g/mol. The van der Waals surface area contributed by atoms with E-state index in [4.69, 9.17) is 4.74 Å². The minimum atomic E-state index is -0.440. The van der Waals surface area contributed by atoms with E-state index in [1.807, 2.05) is 35.5 Å². The van der Waals surface area contributed by atoms with Crippen molar-refractivity contribution in [2.24, 2.45) is 11.8 Å². The number of aliphatic hydroxyl groups excluding tert-OH is 1. The van der Waals surface area contributed by atoms with Gasteiger partial charge in [0.05, 0.1) is 36.6 Å². The summed E-state index contributed by atoms with van der Waals surface area (Å²) in [4.78, 5) is 23.5. The molecule has 5 rings (SSSR count). The highest BCUT2D eigenvalue weighted by molar-refractivity contribution is 5.94. The summed E-state index contributed by atoms with van der Waals surface area (Å²) in [6, 6.07) is 11.4. The van der Waals surface area contributed by atoms with E-state index in [-0.39, 0.29) is 11.9 Å². The number of imidazole rings is 1. The highest BCUT2D eigenvalue weighted by Gasteiger charge is 2.43. The van der Waals surface area contributed by atoms with Gasteiger partial charge in [0.1, 0.15) is 0 Å². The predicted molar refractivity (Wildman–Crippen MR) is 108 cm³/mol. The van der Waals surface area contributed by atoms with Crippen LogP contribution in [0, 0.1) is 11.8 Å². The van der Waals surface area contributed by atoms with Crippen LogP contribution >= 0.6 is 0 Å². The zero-order chi connectivity index (χ0) is 20.0. The first kappa shape index (κ1) is 18.1. The third-order valence-electron chi connectivity index (χ3n) is 6.43. The van der Waals surface area contributed by atoms with Crippen molar-refractivity contribution in [2.45, 2.75) is 25.0 Å². The van der Waals surface area contributed by atoms with Crippen molar-refractivity contribution in [1.82, 2.24) is 19.4 Å². The molecule has 7 heteroatoms. The van der Waals surface area contributed by atoms with E-state index < -0.39 is 6.10 Å². The molecule has 1 aliphatic heterocycles. The number of benzene rings is 1. The molecule has 0 spiro atoms. The van der Waals surface area contributed by atoms with Gasteiger partial charge in [-0.25, -0.2) is 9.97 Å². The van der Waals surface area contributed by atoms with Crippen molar-refractivity contribution >= 4 is 16.9 Å². The number of amides is 1. The van der Waals surface area contributed by atoms with Gasteiger partial charge < -0.3 is 19.3 Å². The molecule has 1 saturated heterocycles. The largest absolute Gasteiger partial charge is 0.481 e. The summed E-state index contributed by atoms with van der Waals surface area (Å²) in [5, 5.41) is 10.9. The Morgan fingerprint density at radius 1 is 1.14 bits per heavy atom. The first-order valence-electron chi connectivity index (χ1n) is 10.0. The van der Waals surface area contributed by atoms with Crippen LogP contribution in [0.1, 0.15) is 29.2 Å². The Morgan fingerprint density at radius 2 is 1.93 bits per heavy atom. The second-order valence-electron chi connectivity index (χ2n) is 8.06. The van der Waals surface area contributed by atoms with Crippen LogP contribution in [0.25, 0.3) is 11.0 Å². The van der Waals surface area contributed by atoms with E-state index in [9.17, 15) is 9.90 Å². The number of methoxy groups -OCH3 is 1. The second kappa shape index (κ2) is 7.15. The molecule has 1 aromatic carbocycles. The summed E-state index contributed by atoms with van der Waals surface area (Å²) in [6.45, 7) is 1.40. The molecule has 3 aromatic rings. The normalized spacial score (nSPS) is 26.5. The van der Waals surface area contributed by atoms with Crippen molar-refractivity contribution in [2.75, 3.05) is 20.2 Å².